The number of aryl methyl sites for hydroxylation is 1. The van der Waals surface area contributed by atoms with Crippen molar-refractivity contribution in [3.63, 3.8) is 0 Å². The first-order valence-electron chi connectivity index (χ1n) is 12.4. The molecule has 1 fully saturated rings. The number of nitrogens with zero attached hydrogens (tertiary/aromatic N) is 5. The Morgan fingerprint density at radius 2 is 2.08 bits per heavy atom. The van der Waals surface area contributed by atoms with Gasteiger partial charge in [-0.3, -0.25) is 4.90 Å². The van der Waals surface area contributed by atoms with Crippen LogP contribution in [0.2, 0.25) is 5.02 Å². The van der Waals surface area contributed by atoms with E-state index in [0.29, 0.717) is 22.6 Å². The molecule has 2 aromatic heterocycles. The average molecular weight is 574 g/mol. The van der Waals surface area contributed by atoms with Crippen LogP contribution in [0.1, 0.15) is 30.0 Å². The Bertz CT molecular complexity index is 1560. The molecule has 1 atom stereocenters. The minimum Gasteiger partial charge on any atom is -0.450 e. The molecule has 4 N–H and O–H groups in total. The monoisotopic (exact) mass is 573 g/mol. The van der Waals surface area contributed by atoms with Gasteiger partial charge < -0.3 is 30.7 Å². The smallest absolute Gasteiger partial charge is 0.416 e. The van der Waals surface area contributed by atoms with Crippen molar-refractivity contribution >= 4 is 46.5 Å². The van der Waals surface area contributed by atoms with Gasteiger partial charge in [0, 0.05) is 38.2 Å². The largest absolute Gasteiger partial charge is 0.450 e. The van der Waals surface area contributed by atoms with E-state index < -0.39 is 11.7 Å². The molecule has 0 bridgehead atoms. The van der Waals surface area contributed by atoms with Gasteiger partial charge in [0.2, 0.25) is 5.95 Å². The number of nitrogens with one attached hydrogen (secondary N) is 4. The lowest BCUT2D eigenvalue weighted by Crippen LogP contribution is -2.31. The Hall–Kier alpha value is -4.10. The number of allylic oxidation sites excluding steroid dienone is 1. The van der Waals surface area contributed by atoms with Gasteiger partial charge in [-0.15, -0.1) is 0 Å². The van der Waals surface area contributed by atoms with Crippen molar-refractivity contribution in [3.05, 3.63) is 64.4 Å². The van der Waals surface area contributed by atoms with Gasteiger partial charge in [-0.25, -0.2) is 9.98 Å². The Kier molecular flexibility index (Phi) is 7.43. The number of alkyl halides is 3. The van der Waals surface area contributed by atoms with Crippen molar-refractivity contribution in [3.8, 4) is 5.75 Å². The van der Waals surface area contributed by atoms with Crippen LogP contribution in [0.25, 0.3) is 11.2 Å². The number of aliphatic imine (C=N–C) groups is 1. The summed E-state index contributed by atoms with van der Waals surface area (Å²) in [5.41, 5.74) is 1.20. The van der Waals surface area contributed by atoms with Gasteiger partial charge in [-0.05, 0) is 50.2 Å². The zero-order valence-corrected chi connectivity index (χ0v) is 22.7. The molecular formula is C26H27ClF3N9O. The van der Waals surface area contributed by atoms with Gasteiger partial charge in [0.25, 0.3) is 0 Å². The molecule has 0 amide bonds. The van der Waals surface area contributed by atoms with Crippen LogP contribution in [0, 0.1) is 5.41 Å². The fourth-order valence-corrected chi connectivity index (χ4v) is 5.15. The highest BCUT2D eigenvalue weighted by molar-refractivity contribution is 6.36. The van der Waals surface area contributed by atoms with Crippen LogP contribution in [0.3, 0.4) is 0 Å². The summed E-state index contributed by atoms with van der Waals surface area (Å²) in [6.45, 7) is 0.829. The maximum absolute atomic E-state index is 13.8. The molecule has 14 heteroatoms. The second kappa shape index (κ2) is 10.8. The fraction of sp³-hybridized carbons (Fsp3) is 0.308. The van der Waals surface area contributed by atoms with Crippen molar-refractivity contribution in [2.45, 2.75) is 25.1 Å². The SMILES string of the molecule is CNC1=NC=CN/C1=C(\C=N)Oc1cnc2nc(Nc3cc(C4CCCN4C)cc(C(F)(F)F)c3)n(C)c2c1Cl. The number of imidazole rings is 1. The third-order valence-corrected chi connectivity index (χ3v) is 7.19. The summed E-state index contributed by atoms with van der Waals surface area (Å²) in [7, 11) is 5.27. The van der Waals surface area contributed by atoms with E-state index in [-0.39, 0.29) is 39.9 Å². The van der Waals surface area contributed by atoms with Crippen molar-refractivity contribution in [2.24, 2.45) is 12.0 Å². The molecule has 4 heterocycles. The predicted molar refractivity (Wildman–Crippen MR) is 148 cm³/mol. The number of benzene rings is 1. The number of ether oxygens (including phenoxy) is 1. The van der Waals surface area contributed by atoms with Crippen molar-refractivity contribution in [2.75, 3.05) is 26.0 Å². The van der Waals surface area contributed by atoms with Crippen LogP contribution < -0.4 is 20.7 Å². The van der Waals surface area contributed by atoms with E-state index in [9.17, 15) is 13.2 Å². The highest BCUT2D eigenvalue weighted by atomic mass is 35.5. The van der Waals surface area contributed by atoms with Gasteiger partial charge >= 0.3 is 6.18 Å². The molecule has 210 valence electrons. The first kappa shape index (κ1) is 27.5. The summed E-state index contributed by atoms with van der Waals surface area (Å²) in [5.74, 6) is 1.00. The number of fused-ring (bicyclic) bond motifs is 1. The zero-order valence-electron chi connectivity index (χ0n) is 21.9. The molecule has 5 rings (SSSR count). The van der Waals surface area contributed by atoms with Gasteiger partial charge in [-0.2, -0.15) is 18.2 Å². The number of likely N-dealkylation sites (tertiary alicyclic amines) is 1. The quantitative estimate of drug-likeness (QED) is 0.240. The van der Waals surface area contributed by atoms with E-state index in [4.69, 9.17) is 21.7 Å². The third-order valence-electron chi connectivity index (χ3n) is 6.83. The number of hydrogen-bond donors (Lipinski definition) is 4. The van der Waals surface area contributed by atoms with Gasteiger partial charge in [0.1, 0.15) is 16.2 Å². The number of aromatic nitrogens is 3. The summed E-state index contributed by atoms with van der Waals surface area (Å²) in [6, 6.07) is 3.90. The highest BCUT2D eigenvalue weighted by Gasteiger charge is 2.33. The minimum atomic E-state index is -4.50. The molecule has 0 spiro atoms. The average Bonchev–Trinajstić information content (AvgIpc) is 3.50. The fourth-order valence-electron chi connectivity index (χ4n) is 4.85. The van der Waals surface area contributed by atoms with Gasteiger partial charge in [-0.1, -0.05) is 11.6 Å². The lowest BCUT2D eigenvalue weighted by atomic mass is 10.0. The summed E-state index contributed by atoms with van der Waals surface area (Å²) >= 11 is 6.70. The van der Waals surface area contributed by atoms with Crippen molar-refractivity contribution < 1.29 is 17.9 Å². The van der Waals surface area contributed by atoms with Gasteiger partial charge in [0.05, 0.1) is 18.0 Å². The first-order chi connectivity index (χ1) is 19.1. The lowest BCUT2D eigenvalue weighted by Gasteiger charge is -2.22. The molecule has 3 aromatic rings. The summed E-state index contributed by atoms with van der Waals surface area (Å²) in [4.78, 5) is 15.1. The second-order valence-electron chi connectivity index (χ2n) is 9.38. The molecule has 2 aliphatic heterocycles. The Labute approximate surface area is 233 Å². The Morgan fingerprint density at radius 3 is 2.75 bits per heavy atom. The normalized spacial score (nSPS) is 18.9. The van der Waals surface area contributed by atoms with E-state index in [1.807, 2.05) is 7.05 Å². The summed E-state index contributed by atoms with van der Waals surface area (Å²) in [6.07, 6.45) is 2.74. The minimum absolute atomic E-state index is 0.0983. The van der Waals surface area contributed by atoms with Crippen LogP contribution in [0.4, 0.5) is 24.8 Å². The molecule has 1 saturated heterocycles. The van der Waals surface area contributed by atoms with Crippen molar-refractivity contribution in [1.82, 2.24) is 30.1 Å². The molecule has 1 unspecified atom stereocenters. The maximum atomic E-state index is 13.8. The van der Waals surface area contributed by atoms with E-state index in [2.05, 4.69) is 35.8 Å². The second-order valence-corrected chi connectivity index (χ2v) is 9.76. The Morgan fingerprint density at radius 1 is 1.27 bits per heavy atom. The number of likely N-dealkylation sites (N-methyl/N-ethyl adjacent to an activating group) is 1. The number of hydrogen-bond acceptors (Lipinski definition) is 9. The maximum Gasteiger partial charge on any atom is 0.416 e. The van der Waals surface area contributed by atoms with E-state index in [0.717, 1.165) is 31.7 Å². The molecule has 0 radical (unpaired) electrons. The number of halogens is 4. The van der Waals surface area contributed by atoms with Crippen LogP contribution in [-0.4, -0.2) is 52.1 Å². The van der Waals surface area contributed by atoms with E-state index in [1.165, 1.54) is 12.3 Å². The molecule has 1 aromatic carbocycles. The molecule has 0 aliphatic carbocycles. The van der Waals surface area contributed by atoms with E-state index in [1.54, 1.807) is 37.1 Å². The van der Waals surface area contributed by atoms with Crippen LogP contribution in [-0.2, 0) is 13.2 Å². The topological polar surface area (TPSA) is 115 Å². The van der Waals surface area contributed by atoms with Gasteiger partial charge in [0.15, 0.2) is 23.0 Å². The molecule has 0 saturated carbocycles. The lowest BCUT2D eigenvalue weighted by molar-refractivity contribution is -0.137. The van der Waals surface area contributed by atoms with Crippen LogP contribution in [0.15, 0.2) is 53.2 Å². The number of rotatable bonds is 6. The standard InChI is InChI=1S/C26H27ClF3N9O/c1-32-23-21(33-6-7-34-23)18(12-31)40-19-13-35-24-22(20(19)27)39(3)25(37-24)36-16-10-14(17-5-4-8-38(17)2)9-15(11-16)26(28,29)30/h6-7,9-13,17,31,33H,4-5,8H2,1-3H3,(H,32,34)(H,35,36,37)/b21-18+,31-12?. The summed E-state index contributed by atoms with van der Waals surface area (Å²) < 4.78 is 48.9. The molecule has 40 heavy (non-hydrogen) atoms. The van der Waals surface area contributed by atoms with Crippen LogP contribution >= 0.6 is 11.6 Å². The number of amidine groups is 1. The zero-order chi connectivity index (χ0) is 28.6. The van der Waals surface area contributed by atoms with Crippen molar-refractivity contribution in [1.29, 1.82) is 5.41 Å². The molecule has 10 nitrogen and oxygen atoms in total. The predicted octanol–water partition coefficient (Wildman–Crippen LogP) is 5.08. The summed E-state index contributed by atoms with van der Waals surface area (Å²) in [5, 5.41) is 16.9. The third kappa shape index (κ3) is 5.21. The van der Waals surface area contributed by atoms with Crippen LogP contribution in [0.5, 0.6) is 5.75 Å². The molecular weight excluding hydrogens is 547 g/mol. The highest BCUT2D eigenvalue weighted by Crippen LogP contribution is 2.39. The number of anilines is 2. The Balaban J connectivity index is 1.50. The first-order valence-corrected chi connectivity index (χ1v) is 12.8. The van der Waals surface area contributed by atoms with E-state index >= 15 is 0 Å². The number of pyridine rings is 1. The molecule has 2 aliphatic rings.